The van der Waals surface area contributed by atoms with E-state index in [-0.39, 0.29) is 0 Å². The van der Waals surface area contributed by atoms with Gasteiger partial charge in [-0.05, 0) is 12.1 Å². The van der Waals surface area contributed by atoms with Crippen molar-refractivity contribution in [1.82, 2.24) is 4.90 Å². The van der Waals surface area contributed by atoms with Crippen LogP contribution in [0, 0.1) is 0 Å². The molecule has 0 amide bonds. The average Bonchev–Trinajstić information content (AvgIpc) is 2.48. The zero-order valence-electron chi connectivity index (χ0n) is 12.3. The minimum atomic E-state index is 0.668. The van der Waals surface area contributed by atoms with Crippen molar-refractivity contribution in [2.45, 2.75) is 0 Å². The molecule has 2 N–H and O–H groups in total. The van der Waals surface area contributed by atoms with E-state index >= 15 is 0 Å². The zero-order valence-corrected chi connectivity index (χ0v) is 12.3. The molecule has 5 nitrogen and oxygen atoms in total. The fourth-order valence-corrected chi connectivity index (χ4v) is 2.43. The van der Waals surface area contributed by atoms with E-state index in [1.807, 2.05) is 18.2 Å². The molecule has 0 saturated carbocycles. The van der Waals surface area contributed by atoms with Crippen molar-refractivity contribution in [3.63, 3.8) is 0 Å². The highest BCUT2D eigenvalue weighted by Gasteiger charge is 2.17. The summed E-state index contributed by atoms with van der Waals surface area (Å²) in [5.74, 6) is 0. The van der Waals surface area contributed by atoms with Crippen LogP contribution < -0.4 is 10.6 Å². The van der Waals surface area contributed by atoms with Crippen molar-refractivity contribution in [2.24, 2.45) is 0 Å². The number of nitrogens with zero attached hydrogens (tertiary/aromatic N) is 2. The van der Waals surface area contributed by atoms with Crippen molar-refractivity contribution in [2.75, 3.05) is 70.3 Å². The first kappa shape index (κ1) is 15.1. The largest absolute Gasteiger partial charge is 0.397 e. The van der Waals surface area contributed by atoms with Gasteiger partial charge >= 0.3 is 0 Å². The number of ether oxygens (including phenoxy) is 2. The van der Waals surface area contributed by atoms with Gasteiger partial charge in [0, 0.05) is 39.8 Å². The predicted molar refractivity (Wildman–Crippen MR) is 82.2 cm³/mol. The van der Waals surface area contributed by atoms with E-state index in [1.165, 1.54) is 0 Å². The Balaban J connectivity index is 1.69. The molecule has 1 heterocycles. The van der Waals surface area contributed by atoms with Gasteiger partial charge in [-0.3, -0.25) is 4.90 Å². The quantitative estimate of drug-likeness (QED) is 0.597. The summed E-state index contributed by atoms with van der Waals surface area (Å²) in [4.78, 5) is 4.79. The number of anilines is 2. The maximum Gasteiger partial charge on any atom is 0.0700 e. The molecule has 1 aromatic rings. The fourth-order valence-electron chi connectivity index (χ4n) is 2.43. The molecule has 1 aliphatic rings. The van der Waals surface area contributed by atoms with Crippen molar-refractivity contribution < 1.29 is 9.47 Å². The third kappa shape index (κ3) is 4.37. The summed E-state index contributed by atoms with van der Waals surface area (Å²) >= 11 is 0. The number of nitrogen functional groups attached to an aromatic ring is 1. The molecular formula is C15H25N3O2. The smallest absolute Gasteiger partial charge is 0.0700 e. The van der Waals surface area contributed by atoms with Crippen LogP contribution in [-0.2, 0) is 9.47 Å². The second kappa shape index (κ2) is 8.09. The van der Waals surface area contributed by atoms with Crippen molar-refractivity contribution in [3.05, 3.63) is 24.3 Å². The lowest BCUT2D eigenvalue weighted by atomic mass is 10.2. The SMILES string of the molecule is COCCOCCN1CCN(c2ccccc2N)CC1. The topological polar surface area (TPSA) is 51.0 Å². The molecule has 0 bridgehead atoms. The van der Waals surface area contributed by atoms with Crippen LogP contribution in [0.3, 0.4) is 0 Å². The monoisotopic (exact) mass is 279 g/mol. The van der Waals surface area contributed by atoms with Gasteiger partial charge in [0.15, 0.2) is 0 Å². The molecule has 1 aromatic carbocycles. The summed E-state index contributed by atoms with van der Waals surface area (Å²) in [5, 5.41) is 0. The Bertz CT molecular complexity index is 392. The summed E-state index contributed by atoms with van der Waals surface area (Å²) in [6, 6.07) is 8.08. The molecule has 0 spiro atoms. The summed E-state index contributed by atoms with van der Waals surface area (Å²) in [7, 11) is 1.69. The Morgan fingerprint density at radius 3 is 2.50 bits per heavy atom. The van der Waals surface area contributed by atoms with Gasteiger partial charge in [-0.1, -0.05) is 12.1 Å². The molecule has 0 unspecified atom stereocenters. The summed E-state index contributed by atoms with van der Waals surface area (Å²) in [6.07, 6.45) is 0. The Hall–Kier alpha value is -1.30. The molecule has 5 heteroatoms. The zero-order chi connectivity index (χ0) is 14.2. The van der Waals surface area contributed by atoms with E-state index < -0.39 is 0 Å². The first-order valence-electron chi connectivity index (χ1n) is 7.20. The van der Waals surface area contributed by atoms with Gasteiger partial charge in [-0.15, -0.1) is 0 Å². The maximum absolute atomic E-state index is 6.03. The van der Waals surface area contributed by atoms with Crippen LogP contribution in [0.25, 0.3) is 0 Å². The van der Waals surface area contributed by atoms with Gasteiger partial charge in [0.2, 0.25) is 0 Å². The number of nitrogens with two attached hydrogens (primary N) is 1. The van der Waals surface area contributed by atoms with Gasteiger partial charge in [0.05, 0.1) is 31.2 Å². The molecule has 20 heavy (non-hydrogen) atoms. The van der Waals surface area contributed by atoms with Gasteiger partial charge < -0.3 is 20.1 Å². The third-order valence-corrected chi connectivity index (χ3v) is 3.63. The van der Waals surface area contributed by atoms with E-state index in [4.69, 9.17) is 15.2 Å². The average molecular weight is 279 g/mol. The van der Waals surface area contributed by atoms with Crippen molar-refractivity contribution in [3.8, 4) is 0 Å². The molecule has 1 aliphatic heterocycles. The maximum atomic E-state index is 6.03. The number of piperazine rings is 1. The number of rotatable bonds is 7. The Kier molecular flexibility index (Phi) is 6.11. The van der Waals surface area contributed by atoms with E-state index in [2.05, 4.69) is 15.9 Å². The number of methoxy groups -OCH3 is 1. The second-order valence-corrected chi connectivity index (χ2v) is 4.99. The fraction of sp³-hybridized carbons (Fsp3) is 0.600. The van der Waals surface area contributed by atoms with Gasteiger partial charge in [-0.25, -0.2) is 0 Å². The first-order valence-corrected chi connectivity index (χ1v) is 7.20. The Morgan fingerprint density at radius 2 is 1.80 bits per heavy atom. The number of benzene rings is 1. The van der Waals surface area contributed by atoms with Crippen LogP contribution in [0.1, 0.15) is 0 Å². The van der Waals surface area contributed by atoms with Gasteiger partial charge in [-0.2, -0.15) is 0 Å². The van der Waals surface area contributed by atoms with E-state index in [0.717, 1.165) is 50.7 Å². The number of hydrogen-bond donors (Lipinski definition) is 1. The Morgan fingerprint density at radius 1 is 1.05 bits per heavy atom. The number of hydrogen-bond acceptors (Lipinski definition) is 5. The minimum absolute atomic E-state index is 0.668. The van der Waals surface area contributed by atoms with Crippen LogP contribution in [-0.4, -0.2) is 64.6 Å². The Labute approximate surface area is 121 Å². The molecule has 1 saturated heterocycles. The molecule has 0 aromatic heterocycles. The van der Waals surface area contributed by atoms with Crippen molar-refractivity contribution >= 4 is 11.4 Å². The normalized spacial score (nSPS) is 16.6. The molecular weight excluding hydrogens is 254 g/mol. The second-order valence-electron chi connectivity index (χ2n) is 4.99. The lowest BCUT2D eigenvalue weighted by molar-refractivity contribution is 0.0563. The molecule has 1 fully saturated rings. The van der Waals surface area contributed by atoms with Crippen LogP contribution in [0.5, 0.6) is 0 Å². The molecule has 112 valence electrons. The summed E-state index contributed by atoms with van der Waals surface area (Å²) < 4.78 is 10.5. The highest BCUT2D eigenvalue weighted by atomic mass is 16.5. The summed E-state index contributed by atoms with van der Waals surface area (Å²) in [6.45, 7) is 7.26. The number of para-hydroxylation sites is 2. The minimum Gasteiger partial charge on any atom is -0.397 e. The van der Waals surface area contributed by atoms with Crippen molar-refractivity contribution in [1.29, 1.82) is 0 Å². The molecule has 0 aliphatic carbocycles. The predicted octanol–water partition coefficient (Wildman–Crippen LogP) is 1.05. The first-order chi connectivity index (χ1) is 9.81. The lowest BCUT2D eigenvalue weighted by Crippen LogP contribution is -2.47. The van der Waals surface area contributed by atoms with E-state index in [0.29, 0.717) is 13.2 Å². The molecule has 0 atom stereocenters. The highest BCUT2D eigenvalue weighted by Crippen LogP contribution is 2.23. The van der Waals surface area contributed by atoms with E-state index in [9.17, 15) is 0 Å². The highest BCUT2D eigenvalue weighted by molar-refractivity contribution is 5.67. The van der Waals surface area contributed by atoms with Crippen LogP contribution in [0.4, 0.5) is 11.4 Å². The van der Waals surface area contributed by atoms with Crippen LogP contribution in [0.2, 0.25) is 0 Å². The van der Waals surface area contributed by atoms with E-state index in [1.54, 1.807) is 7.11 Å². The molecule has 0 radical (unpaired) electrons. The van der Waals surface area contributed by atoms with Gasteiger partial charge in [0.1, 0.15) is 0 Å². The summed E-state index contributed by atoms with van der Waals surface area (Å²) in [5.41, 5.74) is 8.05. The molecule has 2 rings (SSSR count). The third-order valence-electron chi connectivity index (χ3n) is 3.63. The standard InChI is InChI=1S/C15H25N3O2/c1-19-12-13-20-11-10-17-6-8-18(9-7-17)15-5-3-2-4-14(15)16/h2-5H,6-13,16H2,1H3. The van der Waals surface area contributed by atoms with Crippen LogP contribution >= 0.6 is 0 Å². The van der Waals surface area contributed by atoms with Crippen LogP contribution in [0.15, 0.2) is 24.3 Å². The lowest BCUT2D eigenvalue weighted by Gasteiger charge is -2.36. The van der Waals surface area contributed by atoms with Gasteiger partial charge in [0.25, 0.3) is 0 Å².